The molecule has 0 saturated carbocycles. The molecule has 0 aliphatic rings. The van der Waals surface area contributed by atoms with Gasteiger partial charge in [0.05, 0.1) is 0 Å². The summed E-state index contributed by atoms with van der Waals surface area (Å²) in [5.74, 6) is 2.68. The first-order chi connectivity index (χ1) is 10.1. The third kappa shape index (κ3) is 20.4. The smallest absolute Gasteiger partial charge is 0.00187 e. The van der Waals surface area contributed by atoms with Crippen molar-refractivity contribution in [2.45, 2.75) is 111 Å². The van der Waals surface area contributed by atoms with Crippen molar-refractivity contribution in [2.24, 2.45) is 5.41 Å². The molecular weight excluding hydrogens is 272 g/mol. The molecule has 128 valence electrons. The molecule has 0 amide bonds. The van der Waals surface area contributed by atoms with Crippen molar-refractivity contribution in [3.8, 4) is 0 Å². The Kier molecular flexibility index (Phi) is 15.5. The minimum atomic E-state index is 0.501. The van der Waals surface area contributed by atoms with Crippen LogP contribution in [0.15, 0.2) is 0 Å². The predicted octanol–water partition coefficient (Wildman–Crippen LogP) is 7.86. The minimum absolute atomic E-state index is 0.501. The molecule has 0 radical (unpaired) electrons. The summed E-state index contributed by atoms with van der Waals surface area (Å²) in [6, 6.07) is 0. The Balaban J connectivity index is 3.00. The van der Waals surface area contributed by atoms with Crippen LogP contribution >= 0.6 is 11.8 Å². The van der Waals surface area contributed by atoms with Crippen LogP contribution in [0.25, 0.3) is 0 Å². The second kappa shape index (κ2) is 15.3. The van der Waals surface area contributed by atoms with E-state index in [0.29, 0.717) is 5.41 Å². The summed E-state index contributed by atoms with van der Waals surface area (Å²) < 4.78 is 0. The van der Waals surface area contributed by atoms with Crippen LogP contribution in [0.1, 0.15) is 111 Å². The van der Waals surface area contributed by atoms with Crippen LogP contribution in [-0.4, -0.2) is 11.5 Å². The monoisotopic (exact) mass is 314 g/mol. The lowest BCUT2D eigenvalue weighted by atomic mass is 10.0. The molecule has 0 aromatic carbocycles. The van der Waals surface area contributed by atoms with Crippen LogP contribution < -0.4 is 0 Å². The van der Waals surface area contributed by atoms with E-state index in [1.165, 1.54) is 95.0 Å². The molecule has 0 aromatic heterocycles. The summed E-state index contributed by atoms with van der Waals surface area (Å²) in [6.45, 7) is 9.31. The third-order valence-corrected chi connectivity index (χ3v) is 5.57. The molecule has 0 nitrogen and oxygen atoms in total. The van der Waals surface area contributed by atoms with E-state index in [9.17, 15) is 0 Å². The Morgan fingerprint density at radius 1 is 0.571 bits per heavy atom. The van der Waals surface area contributed by atoms with Gasteiger partial charge in [-0.15, -0.1) is 0 Å². The van der Waals surface area contributed by atoms with Gasteiger partial charge in [-0.05, 0) is 23.3 Å². The molecule has 1 heteroatoms. The molecule has 0 heterocycles. The lowest BCUT2D eigenvalue weighted by Gasteiger charge is -2.16. The van der Waals surface area contributed by atoms with Crippen molar-refractivity contribution in [1.29, 1.82) is 0 Å². The fourth-order valence-corrected chi connectivity index (χ4v) is 3.77. The molecule has 0 saturated heterocycles. The molecule has 0 aliphatic carbocycles. The van der Waals surface area contributed by atoms with Crippen molar-refractivity contribution in [3.05, 3.63) is 0 Å². The van der Waals surface area contributed by atoms with Gasteiger partial charge in [-0.1, -0.05) is 105 Å². The van der Waals surface area contributed by atoms with Gasteiger partial charge in [0, 0.05) is 0 Å². The Bertz CT molecular complexity index is 193. The summed E-state index contributed by atoms with van der Waals surface area (Å²) >= 11 is 2.14. The quantitative estimate of drug-likeness (QED) is 0.277. The van der Waals surface area contributed by atoms with Crippen LogP contribution in [0.2, 0.25) is 0 Å². The molecule has 21 heavy (non-hydrogen) atoms. The summed E-state index contributed by atoms with van der Waals surface area (Å²) in [5, 5.41) is 0. The van der Waals surface area contributed by atoms with Gasteiger partial charge in [-0.25, -0.2) is 0 Å². The first-order valence-electron chi connectivity index (χ1n) is 9.64. The van der Waals surface area contributed by atoms with E-state index in [2.05, 4.69) is 39.5 Å². The molecule has 0 N–H and O–H groups in total. The molecule has 0 bridgehead atoms. The highest BCUT2D eigenvalue weighted by molar-refractivity contribution is 7.99. The molecule has 0 spiro atoms. The fourth-order valence-electron chi connectivity index (χ4n) is 2.60. The number of unbranched alkanes of at least 4 members (excludes halogenated alkanes) is 12. The van der Waals surface area contributed by atoms with Crippen molar-refractivity contribution < 1.29 is 0 Å². The van der Waals surface area contributed by atoms with E-state index < -0.39 is 0 Å². The molecule has 0 unspecified atom stereocenters. The van der Waals surface area contributed by atoms with Crippen LogP contribution in [0.3, 0.4) is 0 Å². The van der Waals surface area contributed by atoms with Gasteiger partial charge in [0.1, 0.15) is 0 Å². The second-order valence-corrected chi connectivity index (χ2v) is 8.96. The number of hydrogen-bond donors (Lipinski definition) is 0. The van der Waals surface area contributed by atoms with E-state index in [-0.39, 0.29) is 0 Å². The maximum Gasteiger partial charge on any atom is -0.00187 e. The van der Waals surface area contributed by atoms with Crippen LogP contribution in [0.4, 0.5) is 0 Å². The van der Waals surface area contributed by atoms with Crippen LogP contribution in [0, 0.1) is 5.41 Å². The second-order valence-electron chi connectivity index (χ2n) is 7.86. The van der Waals surface area contributed by atoms with E-state index >= 15 is 0 Å². The zero-order valence-electron chi connectivity index (χ0n) is 15.5. The Morgan fingerprint density at radius 2 is 0.952 bits per heavy atom. The Hall–Kier alpha value is 0.350. The zero-order valence-corrected chi connectivity index (χ0v) is 16.3. The van der Waals surface area contributed by atoms with E-state index in [1.807, 2.05) is 0 Å². The van der Waals surface area contributed by atoms with Crippen molar-refractivity contribution in [1.82, 2.24) is 0 Å². The molecule has 0 atom stereocenters. The van der Waals surface area contributed by atoms with E-state index in [0.717, 1.165) is 0 Å². The molecule has 0 aromatic rings. The fraction of sp³-hybridized carbons (Fsp3) is 1.00. The van der Waals surface area contributed by atoms with Gasteiger partial charge in [0.25, 0.3) is 0 Å². The van der Waals surface area contributed by atoms with E-state index in [4.69, 9.17) is 0 Å². The number of thioether (sulfide) groups is 1. The molecule has 0 fully saturated rings. The topological polar surface area (TPSA) is 0 Å². The van der Waals surface area contributed by atoms with Crippen molar-refractivity contribution >= 4 is 11.8 Å². The summed E-state index contributed by atoms with van der Waals surface area (Å²) in [6.07, 6.45) is 19.0. The van der Waals surface area contributed by atoms with Gasteiger partial charge in [0.2, 0.25) is 0 Å². The zero-order chi connectivity index (χ0) is 15.8. The molecular formula is C20H42S. The first kappa shape index (κ1) is 21.4. The summed E-state index contributed by atoms with van der Waals surface area (Å²) in [7, 11) is 0. The van der Waals surface area contributed by atoms with Crippen molar-refractivity contribution in [3.63, 3.8) is 0 Å². The number of hydrogen-bond acceptors (Lipinski definition) is 1. The molecule has 0 rings (SSSR count). The third-order valence-electron chi connectivity index (χ3n) is 3.93. The normalized spacial score (nSPS) is 12.0. The van der Waals surface area contributed by atoms with Gasteiger partial charge in [-0.3, -0.25) is 0 Å². The maximum absolute atomic E-state index is 2.34. The van der Waals surface area contributed by atoms with Gasteiger partial charge in [-0.2, -0.15) is 11.8 Å². The van der Waals surface area contributed by atoms with E-state index in [1.54, 1.807) is 0 Å². The van der Waals surface area contributed by atoms with Gasteiger partial charge in [0.15, 0.2) is 0 Å². The SMILES string of the molecule is CCCCCCCCCCCCCCCSCC(C)(C)C. The maximum atomic E-state index is 2.34. The number of rotatable bonds is 15. The van der Waals surface area contributed by atoms with Crippen LogP contribution in [0.5, 0.6) is 0 Å². The highest BCUT2D eigenvalue weighted by atomic mass is 32.2. The Labute approximate surface area is 140 Å². The lowest BCUT2D eigenvalue weighted by Crippen LogP contribution is -2.08. The van der Waals surface area contributed by atoms with Crippen molar-refractivity contribution in [2.75, 3.05) is 11.5 Å². The average Bonchev–Trinajstić information content (AvgIpc) is 2.42. The highest BCUT2D eigenvalue weighted by Gasteiger charge is 2.08. The van der Waals surface area contributed by atoms with Gasteiger partial charge < -0.3 is 0 Å². The van der Waals surface area contributed by atoms with Crippen LogP contribution in [-0.2, 0) is 0 Å². The Morgan fingerprint density at radius 3 is 1.33 bits per heavy atom. The standard InChI is InChI=1S/C20H42S/c1-5-6-7-8-9-10-11-12-13-14-15-16-17-18-21-19-20(2,3)4/h5-19H2,1-4H3. The molecule has 0 aliphatic heterocycles. The largest absolute Gasteiger partial charge is 0.161 e. The minimum Gasteiger partial charge on any atom is -0.161 e. The summed E-state index contributed by atoms with van der Waals surface area (Å²) in [5.41, 5.74) is 0.501. The average molecular weight is 315 g/mol. The summed E-state index contributed by atoms with van der Waals surface area (Å²) in [4.78, 5) is 0. The van der Waals surface area contributed by atoms with Gasteiger partial charge >= 0.3 is 0 Å². The lowest BCUT2D eigenvalue weighted by molar-refractivity contribution is 0.480. The first-order valence-corrected chi connectivity index (χ1v) is 10.8. The predicted molar refractivity (Wildman–Crippen MR) is 102 cm³/mol. The highest BCUT2D eigenvalue weighted by Crippen LogP contribution is 2.21.